The Kier molecular flexibility index (Phi) is 7.68. The Morgan fingerprint density at radius 2 is 1.64 bits per heavy atom. The van der Waals surface area contributed by atoms with Crippen LogP contribution in [-0.4, -0.2) is 31.6 Å². The average Bonchev–Trinajstić information content (AvgIpc) is 2.93. The first-order chi connectivity index (χ1) is 20.7. The molecule has 0 fully saturated rings. The number of alkyl halides is 3. The second-order valence-corrected chi connectivity index (χ2v) is 10.5. The van der Waals surface area contributed by atoms with E-state index in [1.165, 1.54) is 30.3 Å². The molecule has 0 aliphatic carbocycles. The molecule has 0 bridgehead atoms. The van der Waals surface area contributed by atoms with Crippen molar-refractivity contribution in [3.63, 3.8) is 0 Å². The van der Waals surface area contributed by atoms with E-state index in [9.17, 15) is 22.8 Å². The molecule has 2 aromatic heterocycles. The summed E-state index contributed by atoms with van der Waals surface area (Å²) in [4.78, 5) is 39.6. The third-order valence-electron chi connectivity index (χ3n) is 6.00. The van der Waals surface area contributed by atoms with Gasteiger partial charge in [-0.05, 0) is 63.2 Å². The van der Waals surface area contributed by atoms with Crippen LogP contribution in [0, 0.1) is 5.82 Å². The first kappa shape index (κ1) is 29.9. The monoisotopic (exact) mass is 608 g/mol. The van der Waals surface area contributed by atoms with Crippen LogP contribution in [0.3, 0.4) is 0 Å². The molecule has 0 aliphatic rings. The molecule has 1 amide bonds. The molecule has 44 heavy (non-hydrogen) atoms. The molecular formula is C30H24F4N6O4. The van der Waals surface area contributed by atoms with Crippen LogP contribution in [0.25, 0.3) is 33.7 Å². The molecule has 0 atom stereocenters. The highest BCUT2D eigenvalue weighted by molar-refractivity contribution is 5.85. The Bertz CT molecular complexity index is 1940. The second-order valence-electron chi connectivity index (χ2n) is 10.5. The number of halogens is 4. The Morgan fingerprint density at radius 3 is 2.30 bits per heavy atom. The van der Waals surface area contributed by atoms with E-state index in [0.29, 0.717) is 11.1 Å². The van der Waals surface area contributed by atoms with Crippen molar-refractivity contribution >= 4 is 28.6 Å². The maximum absolute atomic E-state index is 15.1. The number of rotatable bonds is 5. The number of aromatic nitrogens is 4. The van der Waals surface area contributed by atoms with Crippen LogP contribution in [-0.2, 0) is 10.9 Å². The Hall–Kier alpha value is -5.53. The summed E-state index contributed by atoms with van der Waals surface area (Å²) in [5, 5.41) is 2.33. The number of nitrogen functional groups attached to an aromatic ring is 1. The number of carbonyl (C=O) groups is 1. The average molecular weight is 609 g/mol. The lowest BCUT2D eigenvalue weighted by Gasteiger charge is -2.19. The molecule has 14 heteroatoms. The first-order valence-corrected chi connectivity index (χ1v) is 13.0. The van der Waals surface area contributed by atoms with Crippen LogP contribution in [0.1, 0.15) is 26.3 Å². The number of hydrogen-bond donors (Lipinski definition) is 3. The second kappa shape index (κ2) is 11.3. The largest absolute Gasteiger partial charge is 0.444 e. The van der Waals surface area contributed by atoms with E-state index in [-0.39, 0.29) is 45.7 Å². The highest BCUT2D eigenvalue weighted by Crippen LogP contribution is 2.34. The number of fused-ring (bicyclic) bond motifs is 1. The van der Waals surface area contributed by atoms with Crippen LogP contribution < -0.4 is 21.3 Å². The fourth-order valence-corrected chi connectivity index (χ4v) is 4.04. The number of ether oxygens (including phenoxy) is 2. The molecule has 0 aliphatic heterocycles. The number of anilines is 2. The molecule has 0 spiro atoms. The summed E-state index contributed by atoms with van der Waals surface area (Å²) in [5.74, 6) is -1.08. The normalized spacial score (nSPS) is 11.8. The summed E-state index contributed by atoms with van der Waals surface area (Å²) in [5.41, 5.74) is 4.45. The van der Waals surface area contributed by atoms with Gasteiger partial charge in [-0.3, -0.25) is 10.1 Å². The van der Waals surface area contributed by atoms with Gasteiger partial charge in [0.25, 0.3) is 5.56 Å². The van der Waals surface area contributed by atoms with Crippen molar-refractivity contribution in [2.45, 2.75) is 32.5 Å². The van der Waals surface area contributed by atoms with Gasteiger partial charge in [0.05, 0.1) is 22.5 Å². The molecule has 5 aromatic rings. The van der Waals surface area contributed by atoms with Crippen molar-refractivity contribution < 1.29 is 31.8 Å². The van der Waals surface area contributed by atoms with Gasteiger partial charge in [0.15, 0.2) is 17.4 Å². The van der Waals surface area contributed by atoms with Crippen LogP contribution in [0.15, 0.2) is 71.5 Å². The number of nitrogens with one attached hydrogen (secondary N) is 2. The van der Waals surface area contributed by atoms with Crippen molar-refractivity contribution in [1.82, 2.24) is 19.9 Å². The summed E-state index contributed by atoms with van der Waals surface area (Å²) in [6.07, 6.45) is -5.40. The lowest BCUT2D eigenvalue weighted by Crippen LogP contribution is -2.27. The third kappa shape index (κ3) is 6.75. The number of amides is 1. The number of nitrogens with two attached hydrogens (primary N) is 1. The molecule has 3 aromatic carbocycles. The van der Waals surface area contributed by atoms with Crippen molar-refractivity contribution in [3.05, 3.63) is 88.5 Å². The molecule has 0 radical (unpaired) electrons. The van der Waals surface area contributed by atoms with E-state index in [4.69, 9.17) is 15.2 Å². The van der Waals surface area contributed by atoms with E-state index in [1.807, 2.05) is 0 Å². The van der Waals surface area contributed by atoms with E-state index < -0.39 is 34.8 Å². The lowest BCUT2D eigenvalue weighted by atomic mass is 10.1. The Labute approximate surface area is 246 Å². The highest BCUT2D eigenvalue weighted by Gasteiger charge is 2.30. The summed E-state index contributed by atoms with van der Waals surface area (Å²) < 4.78 is 65.8. The molecule has 4 N–H and O–H groups in total. The number of carbonyl (C=O) groups excluding carboxylic acids is 1. The number of H-pyrrole nitrogens is 1. The smallest absolute Gasteiger partial charge is 0.416 e. The van der Waals surface area contributed by atoms with E-state index in [2.05, 4.69) is 25.3 Å². The minimum atomic E-state index is -4.54. The van der Waals surface area contributed by atoms with Crippen molar-refractivity contribution in [3.8, 4) is 34.3 Å². The van der Waals surface area contributed by atoms with E-state index >= 15 is 4.39 Å². The molecule has 5 rings (SSSR count). The zero-order valence-electron chi connectivity index (χ0n) is 23.4. The number of nitrogens with zero attached hydrogens (tertiary/aromatic N) is 3. The molecule has 226 valence electrons. The van der Waals surface area contributed by atoms with Gasteiger partial charge in [0.2, 0.25) is 5.88 Å². The van der Waals surface area contributed by atoms with Gasteiger partial charge >= 0.3 is 12.3 Å². The van der Waals surface area contributed by atoms with Gasteiger partial charge in [-0.1, -0.05) is 18.2 Å². The molecule has 0 unspecified atom stereocenters. The zero-order chi connectivity index (χ0) is 31.8. The minimum Gasteiger partial charge on any atom is -0.444 e. The predicted molar refractivity (Wildman–Crippen MR) is 155 cm³/mol. The molecule has 0 saturated carbocycles. The van der Waals surface area contributed by atoms with Gasteiger partial charge in [0, 0.05) is 17.2 Å². The number of para-hydroxylation sites is 1. The molecule has 10 nitrogen and oxygen atoms in total. The fourth-order valence-electron chi connectivity index (χ4n) is 4.04. The number of aromatic amines is 1. The van der Waals surface area contributed by atoms with Crippen LogP contribution >= 0.6 is 0 Å². The standard InChI is InChI=1S/C30H24F4N6O4/c1-29(2,3)44-28(42)38-19-12-9-16(13-18(19)31)26-36-21(15-7-10-17(11-8-15)30(32,33)34)14-23(39-26)43-22-6-4-5-20-24(22)40-25(35)27(41)37-20/h4-14H,1-3H3,(H2,35,40)(H,37,41)(H,38,42). The van der Waals surface area contributed by atoms with Gasteiger partial charge < -0.3 is 20.2 Å². The molecule has 0 saturated heterocycles. The third-order valence-corrected chi connectivity index (χ3v) is 6.00. The number of benzene rings is 3. The van der Waals surface area contributed by atoms with Crippen LogP contribution in [0.5, 0.6) is 11.6 Å². The van der Waals surface area contributed by atoms with Gasteiger partial charge in [-0.2, -0.15) is 18.2 Å². The lowest BCUT2D eigenvalue weighted by molar-refractivity contribution is -0.137. The number of hydrogen-bond acceptors (Lipinski definition) is 8. The van der Waals surface area contributed by atoms with E-state index in [1.54, 1.807) is 39.0 Å². The van der Waals surface area contributed by atoms with Crippen LogP contribution in [0.4, 0.5) is 33.9 Å². The Morgan fingerprint density at radius 1 is 0.932 bits per heavy atom. The maximum Gasteiger partial charge on any atom is 0.416 e. The Balaban J connectivity index is 1.57. The summed E-state index contributed by atoms with van der Waals surface area (Å²) >= 11 is 0. The van der Waals surface area contributed by atoms with Crippen molar-refractivity contribution in [1.29, 1.82) is 0 Å². The predicted octanol–water partition coefficient (Wildman–Crippen LogP) is 6.93. The highest BCUT2D eigenvalue weighted by atomic mass is 19.4. The first-order valence-electron chi connectivity index (χ1n) is 13.0. The maximum atomic E-state index is 15.1. The van der Waals surface area contributed by atoms with Crippen LogP contribution in [0.2, 0.25) is 0 Å². The molecular weight excluding hydrogens is 584 g/mol. The summed E-state index contributed by atoms with van der Waals surface area (Å²) in [6, 6.07) is 14.2. The zero-order valence-corrected chi connectivity index (χ0v) is 23.4. The molecule has 2 heterocycles. The van der Waals surface area contributed by atoms with Crippen molar-refractivity contribution in [2.75, 3.05) is 11.1 Å². The minimum absolute atomic E-state index is 0.0405. The van der Waals surface area contributed by atoms with Gasteiger partial charge in [-0.25, -0.2) is 19.2 Å². The fraction of sp³-hybridized carbons (Fsp3) is 0.167. The van der Waals surface area contributed by atoms with Gasteiger partial charge in [0.1, 0.15) is 16.9 Å². The summed E-state index contributed by atoms with van der Waals surface area (Å²) in [6.45, 7) is 4.99. The van der Waals surface area contributed by atoms with Crippen molar-refractivity contribution in [2.24, 2.45) is 0 Å². The topological polar surface area (TPSA) is 145 Å². The summed E-state index contributed by atoms with van der Waals surface area (Å²) in [7, 11) is 0. The SMILES string of the molecule is CC(C)(C)OC(=O)Nc1ccc(-c2nc(Oc3cccc4[nH]c(=O)c(N)nc34)cc(-c3ccc(C(F)(F)F)cc3)n2)cc1F. The van der Waals surface area contributed by atoms with Gasteiger partial charge in [-0.15, -0.1) is 0 Å². The van der Waals surface area contributed by atoms with E-state index in [0.717, 1.165) is 18.2 Å². The quantitative estimate of drug-likeness (QED) is 0.182.